The van der Waals surface area contributed by atoms with Gasteiger partial charge in [0.25, 0.3) is 0 Å². The largest absolute Gasteiger partial charge is 0.370 e. The molecule has 1 unspecified atom stereocenters. The SMILES string of the molecule is CCNc1nc(CN2CCCC(CC)C2)nc2sccc12. The molecule has 0 aliphatic carbocycles. The van der Waals surface area contributed by atoms with Crippen molar-refractivity contribution in [2.75, 3.05) is 25.0 Å². The van der Waals surface area contributed by atoms with E-state index in [0.29, 0.717) is 0 Å². The Morgan fingerprint density at radius 2 is 2.29 bits per heavy atom. The third-order valence-electron chi connectivity index (χ3n) is 4.26. The number of fused-ring (bicyclic) bond motifs is 1. The number of nitrogens with zero attached hydrogens (tertiary/aromatic N) is 3. The number of nitrogens with one attached hydrogen (secondary N) is 1. The first-order valence-electron chi connectivity index (χ1n) is 8.00. The minimum absolute atomic E-state index is 0.845. The second kappa shape index (κ2) is 6.71. The molecule has 1 N–H and O–H groups in total. The van der Waals surface area contributed by atoms with Crippen LogP contribution in [0.25, 0.3) is 10.2 Å². The molecule has 1 saturated heterocycles. The monoisotopic (exact) mass is 304 g/mol. The Morgan fingerprint density at radius 1 is 1.38 bits per heavy atom. The van der Waals surface area contributed by atoms with Gasteiger partial charge in [0.2, 0.25) is 0 Å². The van der Waals surface area contributed by atoms with Gasteiger partial charge < -0.3 is 5.32 Å². The van der Waals surface area contributed by atoms with E-state index in [-0.39, 0.29) is 0 Å². The summed E-state index contributed by atoms with van der Waals surface area (Å²) in [6.07, 6.45) is 3.96. The molecule has 0 radical (unpaired) electrons. The van der Waals surface area contributed by atoms with Crippen LogP contribution in [0.15, 0.2) is 11.4 Å². The van der Waals surface area contributed by atoms with Gasteiger partial charge in [0, 0.05) is 13.1 Å². The van der Waals surface area contributed by atoms with E-state index in [9.17, 15) is 0 Å². The lowest BCUT2D eigenvalue weighted by Gasteiger charge is -2.31. The van der Waals surface area contributed by atoms with Gasteiger partial charge in [0.15, 0.2) is 0 Å². The minimum atomic E-state index is 0.845. The van der Waals surface area contributed by atoms with Crippen LogP contribution in [0.2, 0.25) is 0 Å². The third kappa shape index (κ3) is 3.35. The van der Waals surface area contributed by atoms with Crippen LogP contribution in [0, 0.1) is 5.92 Å². The molecule has 4 nitrogen and oxygen atoms in total. The molecule has 114 valence electrons. The first-order valence-corrected chi connectivity index (χ1v) is 8.88. The second-order valence-corrected chi connectivity index (χ2v) is 6.70. The van der Waals surface area contributed by atoms with Gasteiger partial charge in [0.05, 0.1) is 11.9 Å². The molecule has 1 aliphatic rings. The van der Waals surface area contributed by atoms with Crippen molar-refractivity contribution < 1.29 is 0 Å². The van der Waals surface area contributed by atoms with Crippen molar-refractivity contribution in [3.8, 4) is 0 Å². The summed E-state index contributed by atoms with van der Waals surface area (Å²) in [4.78, 5) is 13.1. The molecule has 5 heteroatoms. The Morgan fingerprint density at radius 3 is 3.10 bits per heavy atom. The molecule has 0 aromatic carbocycles. The fourth-order valence-electron chi connectivity index (χ4n) is 3.10. The molecule has 0 spiro atoms. The maximum Gasteiger partial charge on any atom is 0.146 e. The quantitative estimate of drug-likeness (QED) is 0.913. The number of hydrogen-bond donors (Lipinski definition) is 1. The van der Waals surface area contributed by atoms with Gasteiger partial charge in [-0.3, -0.25) is 4.90 Å². The predicted molar refractivity (Wildman–Crippen MR) is 89.9 cm³/mol. The van der Waals surface area contributed by atoms with E-state index >= 15 is 0 Å². The Balaban J connectivity index is 1.79. The van der Waals surface area contributed by atoms with Crippen LogP contribution < -0.4 is 5.32 Å². The van der Waals surface area contributed by atoms with E-state index in [1.54, 1.807) is 11.3 Å². The van der Waals surface area contributed by atoms with Crippen LogP contribution in [0.3, 0.4) is 0 Å². The van der Waals surface area contributed by atoms with Crippen LogP contribution in [-0.4, -0.2) is 34.5 Å². The fourth-order valence-corrected chi connectivity index (χ4v) is 3.88. The summed E-state index contributed by atoms with van der Waals surface area (Å²) in [5.74, 6) is 2.79. The number of thiophene rings is 1. The van der Waals surface area contributed by atoms with Crippen molar-refractivity contribution in [1.29, 1.82) is 0 Å². The Labute approximate surface area is 130 Å². The van der Waals surface area contributed by atoms with E-state index < -0.39 is 0 Å². The Kier molecular flexibility index (Phi) is 4.70. The summed E-state index contributed by atoms with van der Waals surface area (Å²) >= 11 is 1.70. The first-order chi connectivity index (χ1) is 10.3. The zero-order valence-electron chi connectivity index (χ0n) is 12.9. The number of hydrogen-bond acceptors (Lipinski definition) is 5. The van der Waals surface area contributed by atoms with Gasteiger partial charge in [-0.2, -0.15) is 0 Å². The van der Waals surface area contributed by atoms with Crippen LogP contribution in [-0.2, 0) is 6.54 Å². The van der Waals surface area contributed by atoms with Crippen molar-refractivity contribution in [2.45, 2.75) is 39.7 Å². The molecule has 1 fully saturated rings. The van der Waals surface area contributed by atoms with Gasteiger partial charge in [0.1, 0.15) is 16.5 Å². The second-order valence-electron chi connectivity index (χ2n) is 5.81. The lowest BCUT2D eigenvalue weighted by molar-refractivity contribution is 0.161. The topological polar surface area (TPSA) is 41.1 Å². The predicted octanol–water partition coefficient (Wildman–Crippen LogP) is 3.75. The first kappa shape index (κ1) is 14.7. The number of aromatic nitrogens is 2. The van der Waals surface area contributed by atoms with Crippen LogP contribution in [0.5, 0.6) is 0 Å². The standard InChI is InChI=1S/C16H24N4S/c1-3-12-6-5-8-20(10-12)11-14-18-15(17-4-2)13-7-9-21-16(13)19-14/h7,9,12H,3-6,8,10-11H2,1-2H3,(H,17,18,19). The van der Waals surface area contributed by atoms with E-state index in [1.165, 1.54) is 32.4 Å². The Hall–Kier alpha value is -1.20. The molecule has 3 rings (SSSR count). The third-order valence-corrected chi connectivity index (χ3v) is 5.07. The number of rotatable bonds is 5. The molecular weight excluding hydrogens is 280 g/mol. The molecular formula is C16H24N4S. The van der Waals surface area contributed by atoms with Gasteiger partial charge >= 0.3 is 0 Å². The average Bonchev–Trinajstić information content (AvgIpc) is 2.96. The number of piperidine rings is 1. The molecule has 21 heavy (non-hydrogen) atoms. The zero-order valence-corrected chi connectivity index (χ0v) is 13.7. The van der Waals surface area contributed by atoms with E-state index in [1.807, 2.05) is 0 Å². The van der Waals surface area contributed by atoms with Crippen molar-refractivity contribution in [3.05, 3.63) is 17.3 Å². The number of anilines is 1. The summed E-state index contributed by atoms with van der Waals surface area (Å²) in [5, 5.41) is 6.62. The van der Waals surface area contributed by atoms with Gasteiger partial charge in [-0.05, 0) is 43.7 Å². The van der Waals surface area contributed by atoms with Gasteiger partial charge in [-0.1, -0.05) is 13.3 Å². The van der Waals surface area contributed by atoms with Gasteiger partial charge in [-0.25, -0.2) is 9.97 Å². The summed E-state index contributed by atoms with van der Waals surface area (Å²) in [7, 11) is 0. The number of likely N-dealkylation sites (tertiary alicyclic amines) is 1. The minimum Gasteiger partial charge on any atom is -0.370 e. The highest BCUT2D eigenvalue weighted by atomic mass is 32.1. The molecule has 1 aliphatic heterocycles. The summed E-state index contributed by atoms with van der Waals surface area (Å²) < 4.78 is 0. The molecule has 0 bridgehead atoms. The van der Waals surface area contributed by atoms with E-state index in [2.05, 4.69) is 35.5 Å². The zero-order chi connectivity index (χ0) is 14.7. The maximum atomic E-state index is 4.75. The normalized spacial score (nSPS) is 20.0. The highest BCUT2D eigenvalue weighted by Crippen LogP contribution is 2.26. The molecule has 1 atom stereocenters. The summed E-state index contributed by atoms with van der Waals surface area (Å²) in [6.45, 7) is 8.55. The van der Waals surface area contributed by atoms with Crippen molar-refractivity contribution >= 4 is 27.4 Å². The Bertz CT molecular complexity index is 595. The van der Waals surface area contributed by atoms with Gasteiger partial charge in [-0.15, -0.1) is 11.3 Å². The average molecular weight is 304 g/mol. The smallest absolute Gasteiger partial charge is 0.146 e. The van der Waals surface area contributed by atoms with Crippen LogP contribution in [0.4, 0.5) is 5.82 Å². The van der Waals surface area contributed by atoms with Crippen molar-refractivity contribution in [2.24, 2.45) is 5.92 Å². The lowest BCUT2D eigenvalue weighted by Crippen LogP contribution is -2.35. The molecule has 0 saturated carbocycles. The molecule has 0 amide bonds. The molecule has 2 aromatic heterocycles. The molecule has 3 heterocycles. The van der Waals surface area contributed by atoms with E-state index in [0.717, 1.165) is 40.9 Å². The summed E-state index contributed by atoms with van der Waals surface area (Å²) in [5.41, 5.74) is 0. The fraction of sp³-hybridized carbons (Fsp3) is 0.625. The van der Waals surface area contributed by atoms with Crippen molar-refractivity contribution in [1.82, 2.24) is 14.9 Å². The van der Waals surface area contributed by atoms with Crippen molar-refractivity contribution in [3.63, 3.8) is 0 Å². The summed E-state index contributed by atoms with van der Waals surface area (Å²) in [6, 6.07) is 2.11. The van der Waals surface area contributed by atoms with Crippen LogP contribution >= 0.6 is 11.3 Å². The highest BCUT2D eigenvalue weighted by Gasteiger charge is 2.20. The maximum absolute atomic E-state index is 4.75. The van der Waals surface area contributed by atoms with E-state index in [4.69, 9.17) is 9.97 Å². The molecule has 2 aromatic rings. The lowest BCUT2D eigenvalue weighted by atomic mass is 9.96. The van der Waals surface area contributed by atoms with Crippen LogP contribution in [0.1, 0.15) is 38.9 Å². The highest BCUT2D eigenvalue weighted by molar-refractivity contribution is 7.16.